The van der Waals surface area contributed by atoms with Gasteiger partial charge in [-0.3, -0.25) is 4.90 Å². The topological polar surface area (TPSA) is 74.7 Å². The third kappa shape index (κ3) is 3.54. The van der Waals surface area contributed by atoms with E-state index < -0.39 is 15.8 Å². The highest BCUT2D eigenvalue weighted by atomic mass is 32.2. The van der Waals surface area contributed by atoms with Crippen LogP contribution >= 0.6 is 0 Å². The van der Waals surface area contributed by atoms with Crippen LogP contribution in [0, 0.1) is 0 Å². The van der Waals surface area contributed by atoms with Crippen molar-refractivity contribution in [2.24, 2.45) is 0 Å². The SMILES string of the molecule is CN(Cc1cccc(C(=O)O)c1)C1CCS(=O)(=O)C1. The van der Waals surface area contributed by atoms with E-state index in [1.54, 1.807) is 18.2 Å². The Morgan fingerprint density at radius 2 is 2.21 bits per heavy atom. The smallest absolute Gasteiger partial charge is 0.335 e. The maximum Gasteiger partial charge on any atom is 0.335 e. The van der Waals surface area contributed by atoms with E-state index in [0.29, 0.717) is 13.0 Å². The Morgan fingerprint density at radius 1 is 1.47 bits per heavy atom. The minimum absolute atomic E-state index is 0.0264. The number of carbonyl (C=O) groups is 1. The van der Waals surface area contributed by atoms with Gasteiger partial charge in [-0.25, -0.2) is 13.2 Å². The Morgan fingerprint density at radius 3 is 2.79 bits per heavy atom. The van der Waals surface area contributed by atoms with Crippen LogP contribution in [-0.4, -0.2) is 49.0 Å². The summed E-state index contributed by atoms with van der Waals surface area (Å²) in [4.78, 5) is 12.9. The van der Waals surface area contributed by atoms with Crippen molar-refractivity contribution in [1.29, 1.82) is 0 Å². The lowest BCUT2D eigenvalue weighted by Gasteiger charge is -2.23. The van der Waals surface area contributed by atoms with Crippen molar-refractivity contribution < 1.29 is 18.3 Å². The second kappa shape index (κ2) is 5.30. The number of nitrogens with zero attached hydrogens (tertiary/aromatic N) is 1. The summed E-state index contributed by atoms with van der Waals surface area (Å²) in [6, 6.07) is 6.76. The molecule has 2 rings (SSSR count). The van der Waals surface area contributed by atoms with E-state index in [-0.39, 0.29) is 23.1 Å². The van der Waals surface area contributed by atoms with Crippen molar-refractivity contribution in [3.63, 3.8) is 0 Å². The zero-order valence-corrected chi connectivity index (χ0v) is 11.6. The predicted molar refractivity (Wildman–Crippen MR) is 71.9 cm³/mol. The van der Waals surface area contributed by atoms with Gasteiger partial charge in [0.15, 0.2) is 9.84 Å². The van der Waals surface area contributed by atoms with Crippen LogP contribution in [0.5, 0.6) is 0 Å². The minimum atomic E-state index is -2.89. The molecule has 1 aromatic carbocycles. The number of sulfone groups is 1. The van der Waals surface area contributed by atoms with Gasteiger partial charge in [-0.2, -0.15) is 0 Å². The van der Waals surface area contributed by atoms with Crippen LogP contribution in [0.25, 0.3) is 0 Å². The average molecular weight is 283 g/mol. The van der Waals surface area contributed by atoms with E-state index in [9.17, 15) is 13.2 Å². The van der Waals surface area contributed by atoms with Crippen LogP contribution in [0.2, 0.25) is 0 Å². The van der Waals surface area contributed by atoms with E-state index in [1.165, 1.54) is 0 Å². The van der Waals surface area contributed by atoms with Crippen molar-refractivity contribution >= 4 is 15.8 Å². The van der Waals surface area contributed by atoms with Gasteiger partial charge in [0.2, 0.25) is 0 Å². The van der Waals surface area contributed by atoms with Gasteiger partial charge in [0.1, 0.15) is 0 Å². The molecule has 0 bridgehead atoms. The maximum absolute atomic E-state index is 11.4. The van der Waals surface area contributed by atoms with Crippen LogP contribution in [0.3, 0.4) is 0 Å². The molecular weight excluding hydrogens is 266 g/mol. The third-order valence-electron chi connectivity index (χ3n) is 3.44. The van der Waals surface area contributed by atoms with Crippen LogP contribution in [0.1, 0.15) is 22.3 Å². The molecule has 1 fully saturated rings. The van der Waals surface area contributed by atoms with Crippen LogP contribution in [0.15, 0.2) is 24.3 Å². The lowest BCUT2D eigenvalue weighted by molar-refractivity contribution is 0.0696. The average Bonchev–Trinajstić information content (AvgIpc) is 2.70. The summed E-state index contributed by atoms with van der Waals surface area (Å²) in [6.45, 7) is 0.557. The number of hydrogen-bond donors (Lipinski definition) is 1. The van der Waals surface area contributed by atoms with Crippen molar-refractivity contribution in [2.75, 3.05) is 18.6 Å². The number of rotatable bonds is 4. The molecule has 1 N–H and O–H groups in total. The molecule has 1 unspecified atom stereocenters. The summed E-state index contributed by atoms with van der Waals surface area (Å²) in [5.41, 5.74) is 1.14. The van der Waals surface area contributed by atoms with Crippen LogP contribution in [0.4, 0.5) is 0 Å². The quantitative estimate of drug-likeness (QED) is 0.892. The first-order valence-corrected chi connectivity index (χ1v) is 7.92. The standard InChI is InChI=1S/C13H17NO4S/c1-14(12-5-6-19(17,18)9-12)8-10-3-2-4-11(7-10)13(15)16/h2-4,7,12H,5-6,8-9H2,1H3,(H,15,16). The second-order valence-electron chi connectivity index (χ2n) is 4.98. The summed E-state index contributed by atoms with van der Waals surface area (Å²) < 4.78 is 22.9. The van der Waals surface area contributed by atoms with Gasteiger partial charge in [0.05, 0.1) is 17.1 Å². The lowest BCUT2D eigenvalue weighted by Crippen LogP contribution is -2.32. The molecule has 0 aromatic heterocycles. The molecule has 0 radical (unpaired) electrons. The molecular formula is C13H17NO4S. The first-order chi connectivity index (χ1) is 8.87. The van der Waals surface area contributed by atoms with Gasteiger partial charge >= 0.3 is 5.97 Å². The highest BCUT2D eigenvalue weighted by molar-refractivity contribution is 7.91. The van der Waals surface area contributed by atoms with Crippen molar-refractivity contribution in [3.8, 4) is 0 Å². The molecule has 0 amide bonds. The maximum atomic E-state index is 11.4. The molecule has 19 heavy (non-hydrogen) atoms. The van der Waals surface area contributed by atoms with E-state index in [4.69, 9.17) is 5.11 Å². The Labute approximate surface area is 112 Å². The molecule has 1 aliphatic rings. The number of benzene rings is 1. The van der Waals surface area contributed by atoms with Gasteiger partial charge in [-0.05, 0) is 31.2 Å². The van der Waals surface area contributed by atoms with Gasteiger partial charge in [0.25, 0.3) is 0 Å². The number of carboxylic acids is 1. The summed E-state index contributed by atoms with van der Waals surface area (Å²) in [5, 5.41) is 8.93. The lowest BCUT2D eigenvalue weighted by atomic mass is 10.1. The molecule has 6 heteroatoms. The monoisotopic (exact) mass is 283 g/mol. The first-order valence-electron chi connectivity index (χ1n) is 6.10. The molecule has 0 spiro atoms. The zero-order chi connectivity index (χ0) is 14.0. The zero-order valence-electron chi connectivity index (χ0n) is 10.7. The van der Waals surface area contributed by atoms with Gasteiger partial charge in [-0.1, -0.05) is 12.1 Å². The van der Waals surface area contributed by atoms with Gasteiger partial charge in [-0.15, -0.1) is 0 Å². The fourth-order valence-corrected chi connectivity index (χ4v) is 4.15. The molecule has 1 atom stereocenters. The highest BCUT2D eigenvalue weighted by Crippen LogP contribution is 2.18. The highest BCUT2D eigenvalue weighted by Gasteiger charge is 2.30. The third-order valence-corrected chi connectivity index (χ3v) is 5.19. The first kappa shape index (κ1) is 14.0. The molecule has 1 heterocycles. The fraction of sp³-hybridized carbons (Fsp3) is 0.462. The molecule has 0 saturated carbocycles. The Hall–Kier alpha value is -1.40. The largest absolute Gasteiger partial charge is 0.478 e. The summed E-state index contributed by atoms with van der Waals surface area (Å²) in [6.07, 6.45) is 0.650. The number of carboxylic acid groups (broad SMARTS) is 1. The summed E-state index contributed by atoms with van der Waals surface area (Å²) in [5.74, 6) is -0.507. The van der Waals surface area contributed by atoms with Crippen molar-refractivity contribution in [2.45, 2.75) is 19.0 Å². The Balaban J connectivity index is 2.05. The second-order valence-corrected chi connectivity index (χ2v) is 7.21. The van der Waals surface area contributed by atoms with E-state index in [2.05, 4.69) is 0 Å². The summed E-state index contributed by atoms with van der Waals surface area (Å²) in [7, 11) is -1.02. The molecule has 1 aromatic rings. The molecule has 1 saturated heterocycles. The minimum Gasteiger partial charge on any atom is -0.478 e. The Bertz CT molecular complexity index is 582. The molecule has 104 valence electrons. The van der Waals surface area contributed by atoms with Crippen LogP contribution in [-0.2, 0) is 16.4 Å². The number of aromatic carboxylic acids is 1. The Kier molecular flexibility index (Phi) is 3.91. The van der Waals surface area contributed by atoms with Crippen molar-refractivity contribution in [3.05, 3.63) is 35.4 Å². The molecule has 1 aliphatic heterocycles. The molecule has 0 aliphatic carbocycles. The molecule has 5 nitrogen and oxygen atoms in total. The van der Waals surface area contributed by atoms with Crippen LogP contribution < -0.4 is 0 Å². The number of hydrogen-bond acceptors (Lipinski definition) is 4. The van der Waals surface area contributed by atoms with Gasteiger partial charge in [0, 0.05) is 12.6 Å². The summed E-state index contributed by atoms with van der Waals surface area (Å²) >= 11 is 0. The predicted octanol–water partition coefficient (Wildman–Crippen LogP) is 1.00. The van der Waals surface area contributed by atoms with Gasteiger partial charge < -0.3 is 5.11 Å². The van der Waals surface area contributed by atoms with E-state index >= 15 is 0 Å². The fourth-order valence-electron chi connectivity index (χ4n) is 2.34. The van der Waals surface area contributed by atoms with E-state index in [0.717, 1.165) is 5.56 Å². The van der Waals surface area contributed by atoms with E-state index in [1.807, 2.05) is 18.0 Å². The normalized spacial score (nSPS) is 21.7. The van der Waals surface area contributed by atoms with Crippen molar-refractivity contribution in [1.82, 2.24) is 4.90 Å².